The number of amides is 1. The zero-order valence-electron chi connectivity index (χ0n) is 13.9. The van der Waals surface area contributed by atoms with Crippen LogP contribution in [0.1, 0.15) is 49.9 Å². The smallest absolute Gasteiger partial charge is 0.245 e. The zero-order chi connectivity index (χ0) is 16.7. The molecular weight excluding hydrogens is 290 g/mol. The lowest BCUT2D eigenvalue weighted by Gasteiger charge is -2.14. The molecule has 2 rings (SSSR count). The molecule has 3 atom stereocenters. The first kappa shape index (κ1) is 17.3. The van der Waals surface area contributed by atoms with Gasteiger partial charge in [0.2, 0.25) is 5.91 Å². The van der Waals surface area contributed by atoms with Crippen LogP contribution in [0.2, 0.25) is 0 Å². The Morgan fingerprint density at radius 1 is 1.30 bits per heavy atom. The highest BCUT2D eigenvalue weighted by Crippen LogP contribution is 2.17. The number of ketones is 1. The van der Waals surface area contributed by atoms with Crippen LogP contribution >= 0.6 is 0 Å². The van der Waals surface area contributed by atoms with Crippen molar-refractivity contribution in [3.63, 3.8) is 0 Å². The highest BCUT2D eigenvalue weighted by atomic mass is 16.2. The number of nitrogens with one attached hydrogen (secondary N) is 1. The van der Waals surface area contributed by atoms with Crippen molar-refractivity contribution in [2.75, 3.05) is 6.54 Å². The summed E-state index contributed by atoms with van der Waals surface area (Å²) in [7, 11) is 0. The third kappa shape index (κ3) is 4.98. The third-order valence-corrected chi connectivity index (χ3v) is 4.33. The summed E-state index contributed by atoms with van der Waals surface area (Å²) in [5, 5.41) is 2.94. The van der Waals surface area contributed by atoms with Gasteiger partial charge in [-0.3, -0.25) is 19.6 Å². The van der Waals surface area contributed by atoms with Crippen LogP contribution in [0.15, 0.2) is 29.5 Å². The fourth-order valence-corrected chi connectivity index (χ4v) is 2.77. The second kappa shape index (κ2) is 8.56. The molecule has 1 amide bonds. The van der Waals surface area contributed by atoms with Crippen molar-refractivity contribution >= 4 is 17.9 Å². The molecule has 1 aliphatic rings. The number of carbonyl (C=O) groups is 2. The normalized spacial score (nSPS) is 21.1. The molecule has 0 spiro atoms. The Balaban J connectivity index is 1.62. The van der Waals surface area contributed by atoms with E-state index < -0.39 is 0 Å². The van der Waals surface area contributed by atoms with Crippen LogP contribution in [-0.2, 0) is 4.79 Å². The summed E-state index contributed by atoms with van der Waals surface area (Å²) in [6.07, 6.45) is 8.62. The minimum absolute atomic E-state index is 0.00689. The van der Waals surface area contributed by atoms with E-state index in [-0.39, 0.29) is 23.7 Å². The number of hydrogen-bond acceptors (Lipinski definition) is 4. The summed E-state index contributed by atoms with van der Waals surface area (Å²) >= 11 is 0. The molecule has 0 saturated heterocycles. The molecule has 0 saturated carbocycles. The van der Waals surface area contributed by atoms with Gasteiger partial charge in [-0.05, 0) is 37.3 Å². The molecule has 1 aromatic rings. The molecule has 0 aliphatic carbocycles. The van der Waals surface area contributed by atoms with Gasteiger partial charge in [0.15, 0.2) is 5.78 Å². The average molecular weight is 315 g/mol. The molecule has 0 radical (unpaired) electrons. The summed E-state index contributed by atoms with van der Waals surface area (Å²) in [5.74, 6) is 0.471. The maximum absolute atomic E-state index is 12.2. The molecule has 2 heterocycles. The van der Waals surface area contributed by atoms with Gasteiger partial charge in [0.25, 0.3) is 0 Å². The molecular formula is C18H25N3O2. The first-order valence-corrected chi connectivity index (χ1v) is 8.33. The van der Waals surface area contributed by atoms with Crippen LogP contribution in [0.25, 0.3) is 0 Å². The Bertz CT molecular complexity index is 557. The maximum Gasteiger partial charge on any atom is 0.245 e. The highest BCUT2D eigenvalue weighted by Gasteiger charge is 2.26. The minimum Gasteiger partial charge on any atom is -0.354 e. The summed E-state index contributed by atoms with van der Waals surface area (Å²) in [6, 6.07) is 3.28. The first-order chi connectivity index (χ1) is 11.1. The van der Waals surface area contributed by atoms with Gasteiger partial charge >= 0.3 is 0 Å². The molecule has 1 aromatic heterocycles. The zero-order valence-corrected chi connectivity index (χ0v) is 13.9. The summed E-state index contributed by atoms with van der Waals surface area (Å²) in [6.45, 7) is 4.65. The number of aromatic nitrogens is 1. The Labute approximate surface area is 137 Å². The van der Waals surface area contributed by atoms with E-state index in [1.165, 1.54) is 0 Å². The van der Waals surface area contributed by atoms with Gasteiger partial charge in [-0.1, -0.05) is 20.3 Å². The number of rotatable bonds is 8. The van der Waals surface area contributed by atoms with Crippen LogP contribution in [0, 0.1) is 11.8 Å². The monoisotopic (exact) mass is 315 g/mol. The lowest BCUT2D eigenvalue weighted by atomic mass is 9.95. The van der Waals surface area contributed by atoms with Crippen LogP contribution in [0.4, 0.5) is 0 Å². The number of hydrogen-bond donors (Lipinski definition) is 1. The number of Topliss-reactive ketones (excluding diaryl/α,β-unsaturated/α-hetero) is 1. The van der Waals surface area contributed by atoms with Gasteiger partial charge in [-0.15, -0.1) is 0 Å². The van der Waals surface area contributed by atoms with Crippen LogP contribution in [-0.4, -0.2) is 35.5 Å². The molecule has 0 bridgehead atoms. The van der Waals surface area contributed by atoms with Gasteiger partial charge in [-0.2, -0.15) is 0 Å². The molecule has 0 aromatic carbocycles. The van der Waals surface area contributed by atoms with E-state index in [4.69, 9.17) is 0 Å². The standard InChI is InChI=1S/C18H25N3O2/c1-13-6-12-20-16(13)18(23)21-9-4-3-5-14(2)17(22)15-7-10-19-11-8-15/h7-8,10-14,16H,3-6,9H2,1-2H3,(H,21,23)/t13-,14+,16-/m0/s1. The molecule has 5 heteroatoms. The molecule has 1 N–H and O–H groups in total. The number of carbonyl (C=O) groups excluding carboxylic acids is 2. The van der Waals surface area contributed by atoms with Gasteiger partial charge in [0, 0.05) is 36.6 Å². The lowest BCUT2D eigenvalue weighted by molar-refractivity contribution is -0.123. The van der Waals surface area contributed by atoms with Crippen molar-refractivity contribution in [1.82, 2.24) is 10.3 Å². The quantitative estimate of drug-likeness (QED) is 0.592. The molecule has 23 heavy (non-hydrogen) atoms. The second-order valence-electron chi connectivity index (χ2n) is 6.28. The van der Waals surface area contributed by atoms with Crippen LogP contribution < -0.4 is 5.32 Å². The average Bonchev–Trinajstić information content (AvgIpc) is 3.00. The van der Waals surface area contributed by atoms with Gasteiger partial charge in [-0.25, -0.2) is 0 Å². The van der Waals surface area contributed by atoms with Crippen molar-refractivity contribution in [3.05, 3.63) is 30.1 Å². The maximum atomic E-state index is 12.2. The van der Waals surface area contributed by atoms with E-state index in [1.807, 2.05) is 20.1 Å². The molecule has 5 nitrogen and oxygen atoms in total. The molecule has 0 unspecified atom stereocenters. The highest BCUT2D eigenvalue weighted by molar-refractivity contribution is 5.97. The van der Waals surface area contributed by atoms with E-state index in [2.05, 4.69) is 15.3 Å². The number of nitrogens with zero attached hydrogens (tertiary/aromatic N) is 2. The largest absolute Gasteiger partial charge is 0.354 e. The van der Waals surface area contributed by atoms with E-state index in [9.17, 15) is 9.59 Å². The predicted molar refractivity (Wildman–Crippen MR) is 90.7 cm³/mol. The van der Waals surface area contributed by atoms with Crippen LogP contribution in [0.5, 0.6) is 0 Å². The van der Waals surface area contributed by atoms with Crippen molar-refractivity contribution in [2.45, 2.75) is 45.6 Å². The van der Waals surface area contributed by atoms with Crippen molar-refractivity contribution in [3.8, 4) is 0 Å². The molecule has 0 fully saturated rings. The Kier molecular flexibility index (Phi) is 6.44. The Hall–Kier alpha value is -2.04. The minimum atomic E-state index is -0.220. The topological polar surface area (TPSA) is 71.4 Å². The van der Waals surface area contributed by atoms with Crippen molar-refractivity contribution in [1.29, 1.82) is 0 Å². The van der Waals surface area contributed by atoms with E-state index in [1.54, 1.807) is 24.5 Å². The number of aliphatic imine (C=N–C) groups is 1. The van der Waals surface area contributed by atoms with Crippen LogP contribution in [0.3, 0.4) is 0 Å². The van der Waals surface area contributed by atoms with Crippen molar-refractivity contribution in [2.24, 2.45) is 16.8 Å². The van der Waals surface area contributed by atoms with E-state index in [0.29, 0.717) is 18.0 Å². The fourth-order valence-electron chi connectivity index (χ4n) is 2.77. The summed E-state index contributed by atoms with van der Waals surface area (Å²) in [5.41, 5.74) is 0.717. The van der Waals surface area contributed by atoms with Gasteiger partial charge in [0.1, 0.15) is 6.04 Å². The van der Waals surface area contributed by atoms with E-state index >= 15 is 0 Å². The Morgan fingerprint density at radius 3 is 2.70 bits per heavy atom. The summed E-state index contributed by atoms with van der Waals surface area (Å²) in [4.78, 5) is 32.3. The molecule has 124 valence electrons. The second-order valence-corrected chi connectivity index (χ2v) is 6.28. The fraction of sp³-hybridized carbons (Fsp3) is 0.556. The van der Waals surface area contributed by atoms with Gasteiger partial charge in [0.05, 0.1) is 0 Å². The number of pyridine rings is 1. The van der Waals surface area contributed by atoms with Gasteiger partial charge < -0.3 is 5.32 Å². The Morgan fingerprint density at radius 2 is 2.04 bits per heavy atom. The predicted octanol–water partition coefficient (Wildman–Crippen LogP) is 2.67. The van der Waals surface area contributed by atoms with E-state index in [0.717, 1.165) is 25.7 Å². The third-order valence-electron chi connectivity index (χ3n) is 4.33. The number of unbranched alkanes of at least 4 members (excludes halogenated alkanes) is 1. The SMILES string of the molecule is C[C@H](CCCCNC(=O)[C@H]1N=CC[C@@H]1C)C(=O)c1ccncc1. The molecule has 1 aliphatic heterocycles. The summed E-state index contributed by atoms with van der Waals surface area (Å²) < 4.78 is 0. The first-order valence-electron chi connectivity index (χ1n) is 8.33. The lowest BCUT2D eigenvalue weighted by Crippen LogP contribution is -2.36. The van der Waals surface area contributed by atoms with Crippen molar-refractivity contribution < 1.29 is 9.59 Å².